The molecule has 1 heterocycles. The molecule has 0 spiro atoms. The van der Waals surface area contributed by atoms with Gasteiger partial charge in [-0.2, -0.15) is 0 Å². The molecule has 1 fully saturated rings. The molecule has 0 saturated heterocycles. The predicted octanol–water partition coefficient (Wildman–Crippen LogP) is 6.55. The molecule has 38 heavy (non-hydrogen) atoms. The third kappa shape index (κ3) is 7.81. The van der Waals surface area contributed by atoms with Crippen molar-refractivity contribution in [2.24, 2.45) is 11.8 Å². The molecule has 202 valence electrons. The number of hydrogen-bond donors (Lipinski definition) is 3. The zero-order valence-corrected chi connectivity index (χ0v) is 23.1. The standard InChI is InChI=1S/C30H37N3O4S/c1-20(5-4-6-21(2)25-13-9-23(10-14-25)18-30(34)35)24-11-7-22(8-12-24)17-29-31-27-16-15-26(19-28(27)32-29)33-38(3,36)37/h5-8,11-12,15-16,19,23,25,33H,4,9-10,13-14,17-18H2,1-3H3,(H,31,32)(H,34,35). The number of carboxylic acids is 1. The minimum absolute atomic E-state index is 0.306. The number of hydrogen-bond acceptors (Lipinski definition) is 4. The Morgan fingerprint density at radius 3 is 2.45 bits per heavy atom. The van der Waals surface area contributed by atoms with Gasteiger partial charge in [-0.3, -0.25) is 9.52 Å². The molecular weight excluding hydrogens is 498 g/mol. The lowest BCUT2D eigenvalue weighted by atomic mass is 9.77. The number of anilines is 1. The van der Waals surface area contributed by atoms with Gasteiger partial charge < -0.3 is 10.1 Å². The maximum atomic E-state index is 11.5. The number of rotatable bonds is 10. The van der Waals surface area contributed by atoms with E-state index < -0.39 is 16.0 Å². The summed E-state index contributed by atoms with van der Waals surface area (Å²) in [5, 5.41) is 9.01. The Morgan fingerprint density at radius 2 is 1.79 bits per heavy atom. The third-order valence-electron chi connectivity index (χ3n) is 7.43. The monoisotopic (exact) mass is 535 g/mol. The van der Waals surface area contributed by atoms with Crippen molar-refractivity contribution < 1.29 is 18.3 Å². The zero-order valence-electron chi connectivity index (χ0n) is 22.3. The number of carbonyl (C=O) groups is 1. The van der Waals surface area contributed by atoms with Crippen LogP contribution in [0, 0.1) is 11.8 Å². The van der Waals surface area contributed by atoms with E-state index in [2.05, 4.69) is 65.0 Å². The van der Waals surface area contributed by atoms with E-state index in [1.54, 1.807) is 18.2 Å². The average molecular weight is 536 g/mol. The number of H-pyrrole nitrogens is 1. The number of nitrogens with one attached hydrogen (secondary N) is 2. The number of carboxylic acid groups (broad SMARTS) is 1. The SMILES string of the molecule is CC(=CCC=C(C)C1CCC(CC(=O)O)CC1)c1ccc(Cc2nc3ccc(NS(C)(=O)=O)cc3[nH]2)cc1. The number of aromatic amines is 1. The van der Waals surface area contributed by atoms with Gasteiger partial charge in [0, 0.05) is 12.8 Å². The molecule has 0 aliphatic heterocycles. The van der Waals surface area contributed by atoms with Crippen LogP contribution in [-0.2, 0) is 21.2 Å². The molecular formula is C30H37N3O4S. The van der Waals surface area contributed by atoms with Crippen molar-refractivity contribution in [1.82, 2.24) is 9.97 Å². The summed E-state index contributed by atoms with van der Waals surface area (Å²) in [4.78, 5) is 18.9. The van der Waals surface area contributed by atoms with E-state index in [9.17, 15) is 13.2 Å². The molecule has 0 unspecified atom stereocenters. The first-order chi connectivity index (χ1) is 18.1. The number of sulfonamides is 1. The van der Waals surface area contributed by atoms with E-state index >= 15 is 0 Å². The first kappa shape index (κ1) is 27.6. The molecule has 0 bridgehead atoms. The topological polar surface area (TPSA) is 112 Å². The van der Waals surface area contributed by atoms with Crippen molar-refractivity contribution in [3.8, 4) is 0 Å². The van der Waals surface area contributed by atoms with Crippen LogP contribution >= 0.6 is 0 Å². The van der Waals surface area contributed by atoms with Crippen LogP contribution in [0.15, 0.2) is 60.2 Å². The summed E-state index contributed by atoms with van der Waals surface area (Å²) in [5.74, 6) is 1.07. The number of allylic oxidation sites excluding steroid dienone is 4. The van der Waals surface area contributed by atoms with Crippen LogP contribution in [0.3, 0.4) is 0 Å². The highest BCUT2D eigenvalue weighted by atomic mass is 32.2. The van der Waals surface area contributed by atoms with Crippen molar-refractivity contribution in [2.75, 3.05) is 11.0 Å². The van der Waals surface area contributed by atoms with Crippen LogP contribution in [0.25, 0.3) is 16.6 Å². The number of imidazole rings is 1. The molecule has 1 saturated carbocycles. The second-order valence-corrected chi connectivity index (χ2v) is 12.3. The van der Waals surface area contributed by atoms with Gasteiger partial charge in [-0.1, -0.05) is 42.0 Å². The minimum atomic E-state index is -3.33. The smallest absolute Gasteiger partial charge is 0.303 e. The molecule has 3 N–H and O–H groups in total. The fraction of sp³-hybridized carbons (Fsp3) is 0.400. The van der Waals surface area contributed by atoms with Gasteiger partial charge in [0.2, 0.25) is 10.0 Å². The Balaban J connectivity index is 1.32. The molecule has 2 aromatic carbocycles. The fourth-order valence-corrected chi connectivity index (χ4v) is 5.83. The lowest BCUT2D eigenvalue weighted by Gasteiger charge is -2.28. The van der Waals surface area contributed by atoms with E-state index in [-0.39, 0.29) is 0 Å². The number of fused-ring (bicyclic) bond motifs is 1. The summed E-state index contributed by atoms with van der Waals surface area (Å²) in [5.41, 5.74) is 7.09. The van der Waals surface area contributed by atoms with Gasteiger partial charge in [-0.05, 0) is 92.7 Å². The van der Waals surface area contributed by atoms with E-state index in [0.717, 1.165) is 60.8 Å². The van der Waals surface area contributed by atoms with Crippen molar-refractivity contribution >= 4 is 38.3 Å². The van der Waals surface area contributed by atoms with Crippen molar-refractivity contribution in [1.29, 1.82) is 0 Å². The molecule has 8 heteroatoms. The number of benzene rings is 2. The molecule has 1 aromatic heterocycles. The highest BCUT2D eigenvalue weighted by Crippen LogP contribution is 2.35. The Labute approximate surface area is 225 Å². The van der Waals surface area contributed by atoms with Gasteiger partial charge >= 0.3 is 5.97 Å². The van der Waals surface area contributed by atoms with Crippen LogP contribution in [0.4, 0.5) is 5.69 Å². The van der Waals surface area contributed by atoms with E-state index in [1.165, 1.54) is 16.7 Å². The number of aliphatic carboxylic acids is 1. The lowest BCUT2D eigenvalue weighted by molar-refractivity contribution is -0.138. The summed E-state index contributed by atoms with van der Waals surface area (Å²) in [6.45, 7) is 4.35. The first-order valence-corrected chi connectivity index (χ1v) is 15.1. The summed E-state index contributed by atoms with van der Waals surface area (Å²) >= 11 is 0. The Hall–Kier alpha value is -3.39. The molecule has 1 aliphatic rings. The van der Waals surface area contributed by atoms with Gasteiger partial charge in [0.25, 0.3) is 0 Å². The second kappa shape index (κ2) is 12.0. The minimum Gasteiger partial charge on any atom is -0.481 e. The fourth-order valence-electron chi connectivity index (χ4n) is 5.28. The third-order valence-corrected chi connectivity index (χ3v) is 8.04. The normalized spacial score (nSPS) is 19.0. The highest BCUT2D eigenvalue weighted by Gasteiger charge is 2.23. The molecule has 4 rings (SSSR count). The van der Waals surface area contributed by atoms with Gasteiger partial charge in [-0.25, -0.2) is 13.4 Å². The van der Waals surface area contributed by atoms with Gasteiger partial charge in [0.15, 0.2) is 0 Å². The van der Waals surface area contributed by atoms with Crippen LogP contribution in [0.5, 0.6) is 0 Å². The molecule has 3 aromatic rings. The summed E-state index contributed by atoms with van der Waals surface area (Å²) < 4.78 is 25.5. The molecule has 0 radical (unpaired) electrons. The zero-order chi connectivity index (χ0) is 27.3. The van der Waals surface area contributed by atoms with Crippen LogP contribution in [0.1, 0.15) is 69.3 Å². The lowest BCUT2D eigenvalue weighted by Crippen LogP contribution is -2.17. The molecule has 7 nitrogen and oxygen atoms in total. The van der Waals surface area contributed by atoms with Gasteiger partial charge in [0.1, 0.15) is 5.82 Å². The van der Waals surface area contributed by atoms with Crippen LogP contribution in [0.2, 0.25) is 0 Å². The maximum Gasteiger partial charge on any atom is 0.303 e. The quantitative estimate of drug-likeness (QED) is 0.255. The highest BCUT2D eigenvalue weighted by molar-refractivity contribution is 7.92. The molecule has 1 aliphatic carbocycles. The predicted molar refractivity (Wildman–Crippen MR) is 154 cm³/mol. The van der Waals surface area contributed by atoms with E-state index in [0.29, 0.717) is 30.4 Å². The largest absolute Gasteiger partial charge is 0.481 e. The van der Waals surface area contributed by atoms with Crippen molar-refractivity contribution in [2.45, 2.75) is 58.8 Å². The Kier molecular flexibility index (Phi) is 8.72. The summed E-state index contributed by atoms with van der Waals surface area (Å²) in [6, 6.07) is 13.8. The molecule has 0 atom stereocenters. The van der Waals surface area contributed by atoms with Gasteiger partial charge in [0.05, 0.1) is 23.0 Å². The second-order valence-electron chi connectivity index (χ2n) is 10.5. The first-order valence-electron chi connectivity index (χ1n) is 13.2. The summed E-state index contributed by atoms with van der Waals surface area (Å²) in [7, 11) is -3.33. The van der Waals surface area contributed by atoms with Crippen LogP contribution < -0.4 is 4.72 Å². The molecule has 0 amide bonds. The number of nitrogens with zero attached hydrogens (tertiary/aromatic N) is 1. The Morgan fingerprint density at radius 1 is 1.08 bits per heavy atom. The van der Waals surface area contributed by atoms with Crippen molar-refractivity contribution in [3.05, 3.63) is 77.1 Å². The summed E-state index contributed by atoms with van der Waals surface area (Å²) in [6.07, 6.45) is 11.8. The van der Waals surface area contributed by atoms with E-state index in [4.69, 9.17) is 5.11 Å². The Bertz CT molecular complexity index is 1440. The van der Waals surface area contributed by atoms with Crippen LogP contribution in [-0.4, -0.2) is 35.7 Å². The van der Waals surface area contributed by atoms with Gasteiger partial charge in [-0.15, -0.1) is 0 Å². The van der Waals surface area contributed by atoms with Crippen molar-refractivity contribution in [3.63, 3.8) is 0 Å². The number of aromatic nitrogens is 2. The average Bonchev–Trinajstić information content (AvgIpc) is 3.25. The maximum absolute atomic E-state index is 11.5. The van der Waals surface area contributed by atoms with E-state index in [1.807, 2.05) is 0 Å².